The summed E-state index contributed by atoms with van der Waals surface area (Å²) < 4.78 is 0. The van der Waals surface area contributed by atoms with Gasteiger partial charge in [-0.05, 0) is 12.7 Å². The molecule has 4 heteroatoms. The van der Waals surface area contributed by atoms with Crippen molar-refractivity contribution in [3.8, 4) is 0 Å². The maximum Gasteiger partial charge on any atom is 0.316 e. The Labute approximate surface area is 78.9 Å². The van der Waals surface area contributed by atoms with Gasteiger partial charge in [-0.15, -0.1) is 0 Å². The molecule has 0 aromatic carbocycles. The Morgan fingerprint density at radius 1 is 1.58 bits per heavy atom. The van der Waals surface area contributed by atoms with Crippen LogP contribution in [0.5, 0.6) is 0 Å². The Morgan fingerprint density at radius 3 is 2.58 bits per heavy atom. The summed E-state index contributed by atoms with van der Waals surface area (Å²) >= 11 is 1.82. The minimum atomic E-state index is -0.0108. The number of rotatable bonds is 4. The lowest BCUT2D eigenvalue weighted by Gasteiger charge is -2.13. The molecule has 12 heavy (non-hydrogen) atoms. The van der Waals surface area contributed by atoms with Crippen molar-refractivity contribution in [1.29, 1.82) is 0 Å². The minimum absolute atomic E-state index is 0.0108. The second-order valence-electron chi connectivity index (χ2n) is 2.96. The first-order valence-corrected chi connectivity index (χ1v) is 5.34. The van der Waals surface area contributed by atoms with Gasteiger partial charge >= 0.3 is 6.03 Å². The van der Waals surface area contributed by atoms with Crippen molar-refractivity contribution < 1.29 is 4.79 Å². The molecule has 3 nitrogen and oxygen atoms in total. The van der Waals surface area contributed by atoms with Crippen molar-refractivity contribution in [2.45, 2.75) is 18.6 Å². The van der Waals surface area contributed by atoms with Crippen molar-refractivity contribution in [1.82, 2.24) is 10.2 Å². The number of nitrogens with one attached hydrogen (secondary N) is 1. The predicted molar refractivity (Wildman–Crippen MR) is 54.7 cm³/mol. The van der Waals surface area contributed by atoms with E-state index < -0.39 is 0 Å². The fourth-order valence-electron chi connectivity index (χ4n) is 0.658. The number of nitrogens with zero attached hydrogens (tertiary/aromatic N) is 1. The predicted octanol–water partition coefficient (Wildman–Crippen LogP) is 1.40. The molecule has 72 valence electrons. The van der Waals surface area contributed by atoms with Crippen LogP contribution in [0.3, 0.4) is 0 Å². The molecule has 0 aliphatic heterocycles. The second-order valence-corrected chi connectivity index (χ2v) is 4.24. The molecule has 1 unspecified atom stereocenters. The summed E-state index contributed by atoms with van der Waals surface area (Å²) in [6.45, 7) is 2.92. The molecule has 0 fully saturated rings. The summed E-state index contributed by atoms with van der Waals surface area (Å²) in [5.74, 6) is 0. The topological polar surface area (TPSA) is 32.3 Å². The van der Waals surface area contributed by atoms with Crippen LogP contribution in [0.1, 0.15) is 13.3 Å². The average molecular weight is 190 g/mol. The molecule has 0 heterocycles. The van der Waals surface area contributed by atoms with Crippen LogP contribution in [0.25, 0.3) is 0 Å². The normalized spacial score (nSPS) is 12.3. The third-order valence-electron chi connectivity index (χ3n) is 1.64. The van der Waals surface area contributed by atoms with Crippen LogP contribution < -0.4 is 5.32 Å². The van der Waals surface area contributed by atoms with E-state index in [-0.39, 0.29) is 6.03 Å². The minimum Gasteiger partial charge on any atom is -0.338 e. The van der Waals surface area contributed by atoms with E-state index in [1.165, 1.54) is 0 Å². The third-order valence-corrected chi connectivity index (χ3v) is 2.68. The maximum atomic E-state index is 11.0. The highest BCUT2D eigenvalue weighted by molar-refractivity contribution is 7.99. The zero-order valence-electron chi connectivity index (χ0n) is 8.26. The van der Waals surface area contributed by atoms with Gasteiger partial charge < -0.3 is 10.2 Å². The highest BCUT2D eigenvalue weighted by Crippen LogP contribution is 2.07. The van der Waals surface area contributed by atoms with Crippen LogP contribution in [0.4, 0.5) is 4.79 Å². The first kappa shape index (κ1) is 11.6. The molecule has 2 amide bonds. The van der Waals surface area contributed by atoms with Gasteiger partial charge in [-0.3, -0.25) is 0 Å². The van der Waals surface area contributed by atoms with Crippen molar-refractivity contribution in [3.05, 3.63) is 0 Å². The monoisotopic (exact) mass is 190 g/mol. The van der Waals surface area contributed by atoms with E-state index in [1.54, 1.807) is 19.0 Å². The van der Waals surface area contributed by atoms with E-state index >= 15 is 0 Å². The number of hydrogen-bond donors (Lipinski definition) is 1. The third kappa shape index (κ3) is 5.29. The van der Waals surface area contributed by atoms with Gasteiger partial charge in [0.05, 0.1) is 0 Å². The SMILES string of the molecule is CSC(C)CCNC(=O)N(C)C. The fraction of sp³-hybridized carbons (Fsp3) is 0.875. The summed E-state index contributed by atoms with van der Waals surface area (Å²) in [5, 5.41) is 3.44. The van der Waals surface area contributed by atoms with Crippen molar-refractivity contribution in [3.63, 3.8) is 0 Å². The van der Waals surface area contributed by atoms with E-state index in [9.17, 15) is 4.79 Å². The largest absolute Gasteiger partial charge is 0.338 e. The number of amides is 2. The summed E-state index contributed by atoms with van der Waals surface area (Å²) in [5.41, 5.74) is 0. The van der Waals surface area contributed by atoms with Crippen molar-refractivity contribution in [2.75, 3.05) is 26.9 Å². The fourth-order valence-corrected chi connectivity index (χ4v) is 1.01. The van der Waals surface area contributed by atoms with Crippen LogP contribution >= 0.6 is 11.8 Å². The molecule has 1 N–H and O–H groups in total. The molecule has 0 aliphatic carbocycles. The van der Waals surface area contributed by atoms with E-state index in [2.05, 4.69) is 18.5 Å². The number of carbonyl (C=O) groups excluding carboxylic acids is 1. The molecule has 0 rings (SSSR count). The molecule has 1 atom stereocenters. The van der Waals surface area contributed by atoms with Crippen LogP contribution in [0, 0.1) is 0 Å². The Hall–Kier alpha value is -0.380. The van der Waals surface area contributed by atoms with Gasteiger partial charge in [0.1, 0.15) is 0 Å². The Balaban J connectivity index is 3.37. The summed E-state index contributed by atoms with van der Waals surface area (Å²) in [6, 6.07) is -0.0108. The Kier molecular flexibility index (Phi) is 5.98. The van der Waals surface area contributed by atoms with Crippen LogP contribution in [0.2, 0.25) is 0 Å². The highest BCUT2D eigenvalue weighted by Gasteiger charge is 2.03. The molecule has 0 bridgehead atoms. The quantitative estimate of drug-likeness (QED) is 0.726. The van der Waals surface area contributed by atoms with Crippen LogP contribution in [0.15, 0.2) is 0 Å². The van der Waals surface area contributed by atoms with E-state index in [4.69, 9.17) is 0 Å². The van der Waals surface area contributed by atoms with Gasteiger partial charge in [-0.2, -0.15) is 11.8 Å². The molecular formula is C8H18N2OS. The first-order chi connectivity index (χ1) is 5.57. The lowest BCUT2D eigenvalue weighted by Crippen LogP contribution is -2.35. The van der Waals surface area contributed by atoms with Crippen LogP contribution in [-0.2, 0) is 0 Å². The molecule has 0 aromatic heterocycles. The van der Waals surface area contributed by atoms with E-state index in [1.807, 2.05) is 11.8 Å². The summed E-state index contributed by atoms with van der Waals surface area (Å²) in [7, 11) is 3.49. The zero-order valence-corrected chi connectivity index (χ0v) is 9.07. The van der Waals surface area contributed by atoms with E-state index in [0.29, 0.717) is 5.25 Å². The molecule has 0 aromatic rings. The smallest absolute Gasteiger partial charge is 0.316 e. The molecule has 0 aliphatic rings. The van der Waals surface area contributed by atoms with Gasteiger partial charge in [0.2, 0.25) is 0 Å². The maximum absolute atomic E-state index is 11.0. The number of carbonyl (C=O) groups is 1. The number of thioether (sulfide) groups is 1. The van der Waals surface area contributed by atoms with Gasteiger partial charge in [0, 0.05) is 25.9 Å². The van der Waals surface area contributed by atoms with Gasteiger partial charge in [-0.25, -0.2) is 4.79 Å². The Morgan fingerprint density at radius 2 is 2.17 bits per heavy atom. The van der Waals surface area contributed by atoms with Gasteiger partial charge in [0.25, 0.3) is 0 Å². The highest BCUT2D eigenvalue weighted by atomic mass is 32.2. The van der Waals surface area contributed by atoms with Crippen molar-refractivity contribution >= 4 is 17.8 Å². The van der Waals surface area contributed by atoms with E-state index in [0.717, 1.165) is 13.0 Å². The number of urea groups is 1. The molecule has 0 saturated heterocycles. The molecule has 0 radical (unpaired) electrons. The summed E-state index contributed by atoms with van der Waals surface area (Å²) in [6.07, 6.45) is 3.11. The average Bonchev–Trinajstić information content (AvgIpc) is 2.03. The van der Waals surface area contributed by atoms with Crippen LogP contribution in [-0.4, -0.2) is 43.1 Å². The standard InChI is InChI=1S/C8H18N2OS/c1-7(12-4)5-6-9-8(11)10(2)3/h7H,5-6H2,1-4H3,(H,9,11). The molecular weight excluding hydrogens is 172 g/mol. The second kappa shape index (κ2) is 6.17. The Bertz CT molecular complexity index is 139. The number of hydrogen-bond acceptors (Lipinski definition) is 2. The lowest BCUT2D eigenvalue weighted by molar-refractivity contribution is 0.217. The lowest BCUT2D eigenvalue weighted by atomic mass is 10.3. The zero-order chi connectivity index (χ0) is 9.56. The first-order valence-electron chi connectivity index (χ1n) is 4.06. The summed E-state index contributed by atoms with van der Waals surface area (Å²) in [4.78, 5) is 12.6. The van der Waals surface area contributed by atoms with Gasteiger partial charge in [-0.1, -0.05) is 6.92 Å². The molecule has 0 spiro atoms. The van der Waals surface area contributed by atoms with Gasteiger partial charge in [0.15, 0.2) is 0 Å². The molecule has 0 saturated carbocycles. The van der Waals surface area contributed by atoms with Crippen molar-refractivity contribution in [2.24, 2.45) is 0 Å².